The highest BCUT2D eigenvalue weighted by Crippen LogP contribution is 2.52. The smallest absolute Gasteiger partial charge is 0.412 e. The SMILES string of the molecule is NC(=O)CN1C(=O)OC(c2cccc(F)c2)(c2cccc(F)c2)C1c1ccccc1. The maximum atomic E-state index is 14.2. The first-order valence-corrected chi connectivity index (χ1v) is 9.27. The lowest BCUT2D eigenvalue weighted by atomic mass is 9.77. The van der Waals surface area contributed by atoms with Crippen LogP contribution in [-0.4, -0.2) is 23.4 Å². The number of ether oxygens (including phenoxy) is 1. The van der Waals surface area contributed by atoms with Gasteiger partial charge >= 0.3 is 6.09 Å². The standard InChI is InChI=1S/C23H18F2N2O3/c24-18-10-4-8-16(12-18)23(17-9-5-11-19(25)13-17)21(15-6-2-1-3-7-15)27(14-20(26)28)22(29)30-23/h1-13,21H,14H2,(H2,26,28). The Bertz CT molecular complexity index is 1060. The van der Waals surface area contributed by atoms with Gasteiger partial charge in [0, 0.05) is 11.1 Å². The number of cyclic esters (lactones) is 1. The van der Waals surface area contributed by atoms with Gasteiger partial charge in [-0.3, -0.25) is 9.69 Å². The molecule has 2 amide bonds. The Hall–Kier alpha value is -3.74. The van der Waals surface area contributed by atoms with Crippen LogP contribution < -0.4 is 5.73 Å². The summed E-state index contributed by atoms with van der Waals surface area (Å²) in [4.78, 5) is 25.8. The van der Waals surface area contributed by atoms with Crippen LogP contribution >= 0.6 is 0 Å². The van der Waals surface area contributed by atoms with Crippen molar-refractivity contribution in [3.05, 3.63) is 107 Å². The molecule has 1 aliphatic heterocycles. The molecule has 0 aliphatic carbocycles. The van der Waals surface area contributed by atoms with E-state index in [4.69, 9.17) is 10.5 Å². The van der Waals surface area contributed by atoms with Crippen LogP contribution in [0.1, 0.15) is 22.7 Å². The summed E-state index contributed by atoms with van der Waals surface area (Å²) in [6.45, 7) is -0.412. The number of nitrogens with zero attached hydrogens (tertiary/aromatic N) is 1. The van der Waals surface area contributed by atoms with Crippen molar-refractivity contribution in [2.75, 3.05) is 6.54 Å². The normalized spacial score (nSPS) is 17.6. The highest BCUT2D eigenvalue weighted by atomic mass is 19.1. The first-order valence-electron chi connectivity index (χ1n) is 9.27. The minimum atomic E-state index is -1.60. The van der Waals surface area contributed by atoms with E-state index in [1.54, 1.807) is 42.5 Å². The monoisotopic (exact) mass is 408 g/mol. The first-order chi connectivity index (χ1) is 14.4. The molecule has 7 heteroatoms. The Labute approximate surface area is 171 Å². The highest BCUT2D eigenvalue weighted by Gasteiger charge is 2.57. The summed E-state index contributed by atoms with van der Waals surface area (Å²) < 4.78 is 34.3. The molecule has 1 atom stereocenters. The van der Waals surface area contributed by atoms with E-state index in [9.17, 15) is 18.4 Å². The fourth-order valence-corrected chi connectivity index (χ4v) is 3.99. The van der Waals surface area contributed by atoms with Gasteiger partial charge in [0.05, 0.1) is 0 Å². The lowest BCUT2D eigenvalue weighted by Crippen LogP contribution is -2.41. The number of hydrogen-bond acceptors (Lipinski definition) is 3. The van der Waals surface area contributed by atoms with Crippen molar-refractivity contribution in [2.24, 2.45) is 5.73 Å². The Balaban J connectivity index is 2.04. The van der Waals surface area contributed by atoms with Gasteiger partial charge in [-0.2, -0.15) is 0 Å². The van der Waals surface area contributed by atoms with Crippen molar-refractivity contribution in [1.29, 1.82) is 0 Å². The number of rotatable bonds is 5. The van der Waals surface area contributed by atoms with Gasteiger partial charge in [-0.15, -0.1) is 0 Å². The molecule has 2 N–H and O–H groups in total. The van der Waals surface area contributed by atoms with E-state index in [0.29, 0.717) is 16.7 Å². The molecule has 0 bridgehead atoms. The largest absolute Gasteiger partial charge is 0.430 e. The Morgan fingerprint density at radius 2 is 1.50 bits per heavy atom. The molecule has 30 heavy (non-hydrogen) atoms. The number of carbonyl (C=O) groups is 2. The molecule has 1 fully saturated rings. The lowest BCUT2D eigenvalue weighted by molar-refractivity contribution is -0.118. The molecule has 0 aromatic heterocycles. The Morgan fingerprint density at radius 1 is 0.933 bits per heavy atom. The molecule has 1 unspecified atom stereocenters. The van der Waals surface area contributed by atoms with Gasteiger partial charge in [-0.25, -0.2) is 13.6 Å². The third-order valence-electron chi connectivity index (χ3n) is 5.13. The van der Waals surface area contributed by atoms with Crippen LogP contribution in [-0.2, 0) is 15.1 Å². The number of nitrogens with two attached hydrogens (primary N) is 1. The molecular weight excluding hydrogens is 390 g/mol. The second-order valence-corrected chi connectivity index (χ2v) is 7.03. The van der Waals surface area contributed by atoms with Crippen molar-refractivity contribution in [1.82, 2.24) is 4.90 Å². The number of halogens is 2. The molecule has 1 heterocycles. The van der Waals surface area contributed by atoms with Gasteiger partial charge in [-0.05, 0) is 29.8 Å². The van der Waals surface area contributed by atoms with Crippen molar-refractivity contribution in [3.63, 3.8) is 0 Å². The molecule has 0 spiro atoms. The fraction of sp³-hybridized carbons (Fsp3) is 0.130. The number of carbonyl (C=O) groups excluding carboxylic acids is 2. The van der Waals surface area contributed by atoms with Gasteiger partial charge < -0.3 is 10.5 Å². The number of benzene rings is 3. The zero-order chi connectivity index (χ0) is 21.3. The van der Waals surface area contributed by atoms with Gasteiger partial charge in [0.2, 0.25) is 5.91 Å². The van der Waals surface area contributed by atoms with Gasteiger partial charge in [-0.1, -0.05) is 54.6 Å². The molecule has 5 nitrogen and oxygen atoms in total. The van der Waals surface area contributed by atoms with E-state index in [-0.39, 0.29) is 0 Å². The zero-order valence-corrected chi connectivity index (χ0v) is 15.8. The molecule has 1 saturated heterocycles. The van der Waals surface area contributed by atoms with Gasteiger partial charge in [0.25, 0.3) is 0 Å². The second kappa shape index (κ2) is 7.59. The van der Waals surface area contributed by atoms with E-state index in [1.807, 2.05) is 0 Å². The Morgan fingerprint density at radius 3 is 2.00 bits per heavy atom. The molecule has 3 aromatic carbocycles. The van der Waals surface area contributed by atoms with Crippen LogP contribution in [0.25, 0.3) is 0 Å². The zero-order valence-electron chi connectivity index (χ0n) is 15.8. The molecule has 3 aromatic rings. The predicted molar refractivity (Wildman–Crippen MR) is 105 cm³/mol. The van der Waals surface area contributed by atoms with Crippen molar-refractivity contribution in [3.8, 4) is 0 Å². The minimum Gasteiger partial charge on any atom is -0.430 e. The first kappa shape index (κ1) is 19.6. The van der Waals surface area contributed by atoms with E-state index >= 15 is 0 Å². The quantitative estimate of drug-likeness (QED) is 0.696. The lowest BCUT2D eigenvalue weighted by Gasteiger charge is -2.36. The van der Waals surface area contributed by atoms with Crippen molar-refractivity contribution >= 4 is 12.0 Å². The maximum Gasteiger partial charge on any atom is 0.412 e. The predicted octanol–water partition coefficient (Wildman–Crippen LogP) is 3.89. The van der Waals surface area contributed by atoms with Gasteiger partial charge in [0.15, 0.2) is 5.60 Å². The average molecular weight is 408 g/mol. The third-order valence-corrected chi connectivity index (χ3v) is 5.13. The van der Waals surface area contributed by atoms with Crippen LogP contribution in [0, 0.1) is 11.6 Å². The molecule has 0 saturated carbocycles. The summed E-state index contributed by atoms with van der Waals surface area (Å²) in [5, 5.41) is 0. The number of amides is 2. The summed E-state index contributed by atoms with van der Waals surface area (Å²) in [7, 11) is 0. The summed E-state index contributed by atoms with van der Waals surface area (Å²) in [6, 6.07) is 19.1. The maximum absolute atomic E-state index is 14.2. The van der Waals surface area contributed by atoms with Crippen LogP contribution in [0.4, 0.5) is 13.6 Å². The highest BCUT2D eigenvalue weighted by molar-refractivity contribution is 5.83. The topological polar surface area (TPSA) is 72.6 Å². The van der Waals surface area contributed by atoms with E-state index < -0.39 is 41.8 Å². The number of primary amides is 1. The van der Waals surface area contributed by atoms with Crippen LogP contribution in [0.3, 0.4) is 0 Å². The van der Waals surface area contributed by atoms with E-state index in [2.05, 4.69) is 0 Å². The summed E-state index contributed by atoms with van der Waals surface area (Å²) >= 11 is 0. The van der Waals surface area contributed by atoms with E-state index in [1.165, 1.54) is 41.3 Å². The minimum absolute atomic E-state index is 0.308. The summed E-state index contributed by atoms with van der Waals surface area (Å²) in [6.07, 6.45) is -0.809. The van der Waals surface area contributed by atoms with E-state index in [0.717, 1.165) is 0 Å². The van der Waals surface area contributed by atoms with Crippen LogP contribution in [0.5, 0.6) is 0 Å². The molecule has 152 valence electrons. The van der Waals surface area contributed by atoms with Crippen LogP contribution in [0.2, 0.25) is 0 Å². The van der Waals surface area contributed by atoms with Crippen molar-refractivity contribution < 1.29 is 23.1 Å². The van der Waals surface area contributed by atoms with Gasteiger partial charge in [0.1, 0.15) is 24.2 Å². The molecule has 0 radical (unpaired) electrons. The molecule has 4 rings (SSSR count). The molecule has 1 aliphatic rings. The molecular formula is C23H18F2N2O3. The average Bonchev–Trinajstić information content (AvgIpc) is 3.01. The van der Waals surface area contributed by atoms with Crippen LogP contribution in [0.15, 0.2) is 78.9 Å². The second-order valence-electron chi connectivity index (χ2n) is 7.03. The van der Waals surface area contributed by atoms with Crippen molar-refractivity contribution in [2.45, 2.75) is 11.6 Å². The third kappa shape index (κ3) is 3.28. The number of hydrogen-bond donors (Lipinski definition) is 1. The summed E-state index contributed by atoms with van der Waals surface area (Å²) in [5.74, 6) is -1.82. The fourth-order valence-electron chi connectivity index (χ4n) is 3.99. The Kier molecular flexibility index (Phi) is 4.95. The summed E-state index contributed by atoms with van der Waals surface area (Å²) in [5.41, 5.74) is 5.02.